The molecule has 0 atom stereocenters. The zero-order valence-electron chi connectivity index (χ0n) is 13.7. The van der Waals surface area contributed by atoms with Gasteiger partial charge >= 0.3 is 5.69 Å². The van der Waals surface area contributed by atoms with Crippen molar-refractivity contribution in [1.82, 2.24) is 14.8 Å². The van der Waals surface area contributed by atoms with E-state index in [0.717, 1.165) is 12.8 Å². The fraction of sp³-hybridized carbons (Fsp3) is 0.375. The molecule has 2 aromatic rings. The lowest BCUT2D eigenvalue weighted by Crippen LogP contribution is -2.18. The summed E-state index contributed by atoms with van der Waals surface area (Å²) in [5, 5.41) is 9.57. The van der Waals surface area contributed by atoms with Crippen LogP contribution in [0.15, 0.2) is 34.2 Å². The van der Waals surface area contributed by atoms with Gasteiger partial charge in [0, 0.05) is 24.7 Å². The molecule has 128 valence electrons. The first-order valence-electron chi connectivity index (χ1n) is 7.70. The van der Waals surface area contributed by atoms with Gasteiger partial charge in [-0.2, -0.15) is 0 Å². The maximum Gasteiger partial charge on any atom is 0.343 e. The number of hydrogen-bond acceptors (Lipinski definition) is 5. The number of H-pyrrole nitrogens is 1. The number of nitrogens with one attached hydrogen (secondary N) is 2. The summed E-state index contributed by atoms with van der Waals surface area (Å²) in [6.45, 7) is 4.07. The highest BCUT2D eigenvalue weighted by Crippen LogP contribution is 2.17. The summed E-state index contributed by atoms with van der Waals surface area (Å²) < 4.78 is 1.56. The average molecular weight is 348 g/mol. The van der Waals surface area contributed by atoms with E-state index in [0.29, 0.717) is 23.0 Å². The van der Waals surface area contributed by atoms with Gasteiger partial charge in [0.1, 0.15) is 0 Å². The molecular weight excluding hydrogens is 328 g/mol. The lowest BCUT2D eigenvalue weighted by atomic mass is 10.1. The number of rotatable bonds is 8. The third kappa shape index (κ3) is 4.82. The van der Waals surface area contributed by atoms with E-state index in [4.69, 9.17) is 0 Å². The second kappa shape index (κ2) is 8.49. The van der Waals surface area contributed by atoms with E-state index < -0.39 is 0 Å². The normalized spacial score (nSPS) is 10.6. The summed E-state index contributed by atoms with van der Waals surface area (Å²) in [5.74, 6) is -0.0318. The minimum Gasteiger partial charge on any atom is -0.326 e. The standard InChI is InChI=1S/C16H20N4O3S/c1-3-4-9-20-15(23)18-19-16(20)24-10-14(22)12-5-7-13(8-6-12)17-11(2)21/h5-8H,3-4,9-10H2,1-2H3,(H,17,21)(H,18,23). The predicted octanol–water partition coefficient (Wildman–Crippen LogP) is 2.30. The Balaban J connectivity index is 1.98. The summed E-state index contributed by atoms with van der Waals surface area (Å²) in [6, 6.07) is 6.71. The van der Waals surface area contributed by atoms with E-state index in [1.807, 2.05) is 6.92 Å². The highest BCUT2D eigenvalue weighted by atomic mass is 32.2. The number of ketones is 1. The number of Topliss-reactive ketones (excluding diaryl/α,β-unsaturated/α-hetero) is 1. The van der Waals surface area contributed by atoms with Crippen LogP contribution in [0.5, 0.6) is 0 Å². The Morgan fingerprint density at radius 3 is 2.62 bits per heavy atom. The summed E-state index contributed by atoms with van der Waals surface area (Å²) in [6.07, 6.45) is 1.85. The highest BCUT2D eigenvalue weighted by molar-refractivity contribution is 7.99. The van der Waals surface area contributed by atoms with Crippen molar-refractivity contribution < 1.29 is 9.59 Å². The molecule has 8 heteroatoms. The van der Waals surface area contributed by atoms with E-state index in [-0.39, 0.29) is 23.1 Å². The minimum atomic E-state index is -0.252. The zero-order valence-corrected chi connectivity index (χ0v) is 14.5. The Morgan fingerprint density at radius 1 is 1.29 bits per heavy atom. The number of nitrogens with zero attached hydrogens (tertiary/aromatic N) is 2. The Hall–Kier alpha value is -2.35. The maximum absolute atomic E-state index is 12.3. The zero-order chi connectivity index (χ0) is 17.5. The van der Waals surface area contributed by atoms with E-state index in [1.165, 1.54) is 18.7 Å². The Labute approximate surface area is 143 Å². The van der Waals surface area contributed by atoms with Gasteiger partial charge < -0.3 is 5.32 Å². The van der Waals surface area contributed by atoms with Crippen molar-refractivity contribution in [3.63, 3.8) is 0 Å². The number of benzene rings is 1. The van der Waals surface area contributed by atoms with E-state index in [9.17, 15) is 14.4 Å². The number of carbonyl (C=O) groups is 2. The van der Waals surface area contributed by atoms with Crippen LogP contribution in [0.1, 0.15) is 37.0 Å². The predicted molar refractivity (Wildman–Crippen MR) is 93.6 cm³/mol. The van der Waals surface area contributed by atoms with Crippen molar-refractivity contribution in [1.29, 1.82) is 0 Å². The molecule has 1 heterocycles. The molecular formula is C16H20N4O3S. The van der Waals surface area contributed by atoms with Crippen LogP contribution in [0.25, 0.3) is 0 Å². The summed E-state index contributed by atoms with van der Waals surface area (Å²) in [5.41, 5.74) is 0.945. The van der Waals surface area contributed by atoms with Gasteiger partial charge in [0.25, 0.3) is 0 Å². The van der Waals surface area contributed by atoms with E-state index >= 15 is 0 Å². The first kappa shape index (κ1) is 18.0. The summed E-state index contributed by atoms with van der Waals surface area (Å²) in [4.78, 5) is 34.9. The van der Waals surface area contributed by atoms with Crippen molar-refractivity contribution in [2.45, 2.75) is 38.4 Å². The van der Waals surface area contributed by atoms with Crippen LogP contribution < -0.4 is 11.0 Å². The smallest absolute Gasteiger partial charge is 0.326 e. The molecule has 0 bridgehead atoms. The fourth-order valence-corrected chi connectivity index (χ4v) is 2.95. The summed E-state index contributed by atoms with van der Waals surface area (Å²) in [7, 11) is 0. The van der Waals surface area contributed by atoms with Gasteiger partial charge in [-0.25, -0.2) is 9.89 Å². The average Bonchev–Trinajstić information content (AvgIpc) is 2.91. The molecule has 0 aliphatic carbocycles. The highest BCUT2D eigenvalue weighted by Gasteiger charge is 2.12. The maximum atomic E-state index is 12.3. The Morgan fingerprint density at radius 2 is 2.00 bits per heavy atom. The first-order valence-corrected chi connectivity index (χ1v) is 8.68. The minimum absolute atomic E-state index is 0.0631. The molecule has 2 rings (SSSR count). The number of carbonyl (C=O) groups excluding carboxylic acids is 2. The van der Waals surface area contributed by atoms with Crippen LogP contribution in [-0.2, 0) is 11.3 Å². The SMILES string of the molecule is CCCCn1c(SCC(=O)c2ccc(NC(C)=O)cc2)n[nH]c1=O. The Bertz CT molecular complexity index is 764. The van der Waals surface area contributed by atoms with Crippen LogP contribution in [0.2, 0.25) is 0 Å². The molecule has 0 aliphatic rings. The molecule has 2 N–H and O–H groups in total. The monoisotopic (exact) mass is 348 g/mol. The molecule has 1 amide bonds. The number of hydrogen-bond donors (Lipinski definition) is 2. The number of aromatic amines is 1. The van der Waals surface area contributed by atoms with E-state index in [2.05, 4.69) is 15.5 Å². The van der Waals surface area contributed by atoms with Crippen LogP contribution in [0.3, 0.4) is 0 Å². The lowest BCUT2D eigenvalue weighted by molar-refractivity contribution is -0.114. The van der Waals surface area contributed by atoms with Crippen molar-refractivity contribution in [2.75, 3.05) is 11.1 Å². The molecule has 0 aliphatic heterocycles. The number of thioether (sulfide) groups is 1. The molecule has 0 unspecified atom stereocenters. The van der Waals surface area contributed by atoms with Gasteiger partial charge in [0.05, 0.1) is 5.75 Å². The van der Waals surface area contributed by atoms with Crippen LogP contribution >= 0.6 is 11.8 Å². The van der Waals surface area contributed by atoms with Crippen molar-refractivity contribution >= 4 is 29.1 Å². The number of amides is 1. The third-order valence-corrected chi connectivity index (χ3v) is 4.29. The van der Waals surface area contributed by atoms with Gasteiger partial charge in [-0.3, -0.25) is 14.2 Å². The van der Waals surface area contributed by atoms with Crippen molar-refractivity contribution in [3.05, 3.63) is 40.3 Å². The van der Waals surface area contributed by atoms with Crippen molar-refractivity contribution in [3.8, 4) is 0 Å². The molecule has 0 radical (unpaired) electrons. The topological polar surface area (TPSA) is 96.8 Å². The van der Waals surface area contributed by atoms with Crippen LogP contribution in [0.4, 0.5) is 5.69 Å². The largest absolute Gasteiger partial charge is 0.343 e. The van der Waals surface area contributed by atoms with Gasteiger partial charge in [-0.15, -0.1) is 5.10 Å². The van der Waals surface area contributed by atoms with Crippen LogP contribution in [0, 0.1) is 0 Å². The molecule has 0 saturated heterocycles. The van der Waals surface area contributed by atoms with Gasteiger partial charge in [0.2, 0.25) is 5.91 Å². The summed E-state index contributed by atoms with van der Waals surface area (Å²) >= 11 is 1.24. The van der Waals surface area contributed by atoms with Crippen molar-refractivity contribution in [2.24, 2.45) is 0 Å². The lowest BCUT2D eigenvalue weighted by Gasteiger charge is -2.05. The molecule has 24 heavy (non-hydrogen) atoms. The molecule has 7 nitrogen and oxygen atoms in total. The number of aromatic nitrogens is 3. The third-order valence-electron chi connectivity index (χ3n) is 3.32. The molecule has 1 aromatic carbocycles. The molecule has 0 fully saturated rings. The molecule has 0 saturated carbocycles. The van der Waals surface area contributed by atoms with Crippen LogP contribution in [-0.4, -0.2) is 32.2 Å². The van der Waals surface area contributed by atoms with Gasteiger partial charge in [0.15, 0.2) is 10.9 Å². The number of unbranched alkanes of at least 4 members (excludes halogenated alkanes) is 1. The first-order chi connectivity index (χ1) is 11.5. The molecule has 0 spiro atoms. The number of anilines is 1. The fourth-order valence-electron chi connectivity index (χ4n) is 2.08. The second-order valence-electron chi connectivity index (χ2n) is 5.29. The quantitative estimate of drug-likeness (QED) is 0.563. The van der Waals surface area contributed by atoms with Gasteiger partial charge in [-0.05, 0) is 30.7 Å². The molecule has 1 aromatic heterocycles. The van der Waals surface area contributed by atoms with E-state index in [1.54, 1.807) is 28.8 Å². The van der Waals surface area contributed by atoms with Gasteiger partial charge in [-0.1, -0.05) is 25.1 Å². The second-order valence-corrected chi connectivity index (χ2v) is 6.23. The Kier molecular flexibility index (Phi) is 6.36.